The summed E-state index contributed by atoms with van der Waals surface area (Å²) in [5.74, 6) is 5.52. The standard InChI is InChI=1S/C15H18ClFN6OS/c16-14-7-12(25-21-5-6-24)3-4-13(14)15(18)22-23(19)9-11-2-1-10(17)8-20-11/h1-4,7-8,21,24H,5-6,9,19H2,(H2,18,22). The lowest BCUT2D eigenvalue weighted by Crippen LogP contribution is -2.29. The van der Waals surface area contributed by atoms with Crippen LogP contribution in [0.15, 0.2) is 46.5 Å². The third-order valence-electron chi connectivity index (χ3n) is 2.97. The molecule has 1 heterocycles. The van der Waals surface area contributed by atoms with E-state index in [1.807, 2.05) is 6.07 Å². The van der Waals surface area contributed by atoms with Crippen molar-refractivity contribution in [3.63, 3.8) is 0 Å². The van der Waals surface area contributed by atoms with Gasteiger partial charge in [-0.15, -0.1) is 5.10 Å². The summed E-state index contributed by atoms with van der Waals surface area (Å²) in [6.45, 7) is 0.679. The van der Waals surface area contributed by atoms with E-state index in [2.05, 4.69) is 14.8 Å². The Morgan fingerprint density at radius 3 is 2.84 bits per heavy atom. The zero-order valence-electron chi connectivity index (χ0n) is 13.2. The van der Waals surface area contributed by atoms with Crippen LogP contribution in [-0.2, 0) is 6.54 Å². The Bertz CT molecular complexity index is 730. The Kier molecular flexibility index (Phi) is 7.41. The van der Waals surface area contributed by atoms with E-state index in [9.17, 15) is 4.39 Å². The molecule has 0 spiro atoms. The first kappa shape index (κ1) is 19.4. The van der Waals surface area contributed by atoms with Gasteiger partial charge in [-0.3, -0.25) is 9.71 Å². The molecule has 134 valence electrons. The van der Waals surface area contributed by atoms with Crippen LogP contribution in [0.2, 0.25) is 5.02 Å². The number of amidine groups is 1. The van der Waals surface area contributed by atoms with Crippen molar-refractivity contribution in [3.05, 3.63) is 58.6 Å². The summed E-state index contributed by atoms with van der Waals surface area (Å²) in [5.41, 5.74) is 7.04. The maximum absolute atomic E-state index is 12.8. The number of nitrogens with two attached hydrogens (primary N) is 2. The fourth-order valence-corrected chi connectivity index (χ4v) is 2.86. The van der Waals surface area contributed by atoms with Crippen molar-refractivity contribution < 1.29 is 9.50 Å². The fraction of sp³-hybridized carbons (Fsp3) is 0.200. The van der Waals surface area contributed by atoms with Crippen LogP contribution in [0, 0.1) is 5.82 Å². The van der Waals surface area contributed by atoms with Crippen LogP contribution in [-0.4, -0.2) is 34.2 Å². The van der Waals surface area contributed by atoms with Crippen molar-refractivity contribution >= 4 is 29.4 Å². The maximum Gasteiger partial charge on any atom is 0.153 e. The molecule has 0 radical (unpaired) electrons. The Balaban J connectivity index is 2.03. The number of aromatic nitrogens is 1. The first-order valence-electron chi connectivity index (χ1n) is 7.27. The predicted octanol–water partition coefficient (Wildman–Crippen LogP) is 1.46. The smallest absolute Gasteiger partial charge is 0.153 e. The van der Waals surface area contributed by atoms with Gasteiger partial charge in [0.15, 0.2) is 5.84 Å². The minimum absolute atomic E-state index is 0.0493. The van der Waals surface area contributed by atoms with Crippen LogP contribution >= 0.6 is 23.5 Å². The topological polar surface area (TPSA) is 113 Å². The highest BCUT2D eigenvalue weighted by atomic mass is 35.5. The van der Waals surface area contributed by atoms with Gasteiger partial charge in [-0.05, 0) is 42.3 Å². The van der Waals surface area contributed by atoms with E-state index in [4.69, 9.17) is 28.3 Å². The second-order valence-electron chi connectivity index (χ2n) is 4.91. The lowest BCUT2D eigenvalue weighted by atomic mass is 10.2. The van der Waals surface area contributed by atoms with Crippen molar-refractivity contribution in [1.82, 2.24) is 14.8 Å². The van der Waals surface area contributed by atoms with Gasteiger partial charge in [-0.25, -0.2) is 15.4 Å². The lowest BCUT2D eigenvalue weighted by Gasteiger charge is -2.14. The summed E-state index contributed by atoms with van der Waals surface area (Å²) in [5, 5.41) is 14.3. The van der Waals surface area contributed by atoms with Gasteiger partial charge in [0.25, 0.3) is 0 Å². The zero-order valence-corrected chi connectivity index (χ0v) is 14.8. The van der Waals surface area contributed by atoms with E-state index in [-0.39, 0.29) is 19.0 Å². The second-order valence-corrected chi connectivity index (χ2v) is 6.28. The summed E-state index contributed by atoms with van der Waals surface area (Å²) in [6.07, 6.45) is 1.11. The molecule has 25 heavy (non-hydrogen) atoms. The van der Waals surface area contributed by atoms with Gasteiger partial charge in [-0.1, -0.05) is 11.6 Å². The van der Waals surface area contributed by atoms with E-state index >= 15 is 0 Å². The third-order valence-corrected chi connectivity index (χ3v) is 4.12. The number of pyridine rings is 1. The highest BCUT2D eigenvalue weighted by Crippen LogP contribution is 2.23. The van der Waals surface area contributed by atoms with Gasteiger partial charge >= 0.3 is 0 Å². The summed E-state index contributed by atoms with van der Waals surface area (Å²) in [4.78, 5) is 4.77. The Hall–Kier alpha value is -1.91. The normalized spacial score (nSPS) is 11.6. The number of rotatable bonds is 8. The highest BCUT2D eigenvalue weighted by Gasteiger charge is 2.08. The summed E-state index contributed by atoms with van der Waals surface area (Å²) in [7, 11) is 0. The second kappa shape index (κ2) is 9.54. The van der Waals surface area contributed by atoms with Crippen molar-refractivity contribution in [3.8, 4) is 0 Å². The van der Waals surface area contributed by atoms with E-state index in [1.165, 1.54) is 24.1 Å². The molecule has 0 aliphatic carbocycles. The van der Waals surface area contributed by atoms with Crippen LogP contribution in [0.1, 0.15) is 11.3 Å². The highest BCUT2D eigenvalue weighted by molar-refractivity contribution is 7.97. The summed E-state index contributed by atoms with van der Waals surface area (Å²) < 4.78 is 15.8. The molecule has 0 atom stereocenters. The molecule has 0 fully saturated rings. The molecular formula is C15H18ClFN6OS. The Morgan fingerprint density at radius 1 is 1.40 bits per heavy atom. The number of aliphatic hydroxyl groups excluding tert-OH is 1. The molecule has 6 N–H and O–H groups in total. The predicted molar refractivity (Wildman–Crippen MR) is 97.0 cm³/mol. The van der Waals surface area contributed by atoms with Gasteiger partial charge in [0, 0.05) is 17.0 Å². The van der Waals surface area contributed by atoms with Crippen LogP contribution in [0.25, 0.3) is 0 Å². The molecule has 0 bridgehead atoms. The fourth-order valence-electron chi connectivity index (χ4n) is 1.84. The van der Waals surface area contributed by atoms with Crippen molar-refractivity contribution in [2.24, 2.45) is 16.7 Å². The van der Waals surface area contributed by atoms with Gasteiger partial charge < -0.3 is 10.8 Å². The molecule has 2 rings (SSSR count). The van der Waals surface area contributed by atoms with Gasteiger partial charge in [0.05, 0.1) is 30.1 Å². The number of hydrazine groups is 1. The third kappa shape index (κ3) is 6.15. The van der Waals surface area contributed by atoms with Crippen LogP contribution in [0.3, 0.4) is 0 Å². The monoisotopic (exact) mass is 384 g/mol. The number of hydrogen-bond donors (Lipinski definition) is 4. The molecule has 1 aromatic carbocycles. The lowest BCUT2D eigenvalue weighted by molar-refractivity contribution is 0.286. The number of hydrazone groups is 1. The van der Waals surface area contributed by atoms with Crippen molar-refractivity contribution in [2.75, 3.05) is 13.2 Å². The van der Waals surface area contributed by atoms with E-state index in [0.717, 1.165) is 16.2 Å². The van der Waals surface area contributed by atoms with E-state index in [0.29, 0.717) is 22.8 Å². The number of halogens is 2. The summed E-state index contributed by atoms with van der Waals surface area (Å²) in [6, 6.07) is 8.09. The van der Waals surface area contributed by atoms with Crippen LogP contribution in [0.4, 0.5) is 4.39 Å². The SMILES string of the molecule is N/C(=N\N(N)Cc1ccc(F)cn1)c1ccc(SNCCO)cc1Cl. The number of nitrogens with zero attached hydrogens (tertiary/aromatic N) is 3. The number of aliphatic hydroxyl groups is 1. The number of benzene rings is 1. The largest absolute Gasteiger partial charge is 0.395 e. The minimum atomic E-state index is -0.423. The van der Waals surface area contributed by atoms with E-state index < -0.39 is 5.82 Å². The van der Waals surface area contributed by atoms with Crippen LogP contribution in [0.5, 0.6) is 0 Å². The number of nitrogens with one attached hydrogen (secondary N) is 1. The maximum atomic E-state index is 12.8. The van der Waals surface area contributed by atoms with Gasteiger partial charge in [-0.2, -0.15) is 0 Å². The molecular weight excluding hydrogens is 367 g/mol. The molecule has 10 heteroatoms. The molecule has 0 unspecified atom stereocenters. The van der Waals surface area contributed by atoms with Crippen LogP contribution < -0.4 is 16.3 Å². The molecule has 2 aromatic rings. The van der Waals surface area contributed by atoms with Crippen molar-refractivity contribution in [2.45, 2.75) is 11.4 Å². The van der Waals surface area contributed by atoms with Gasteiger partial charge in [0.1, 0.15) is 5.82 Å². The molecule has 0 saturated carbocycles. The van der Waals surface area contributed by atoms with Gasteiger partial charge in [0.2, 0.25) is 0 Å². The molecule has 0 aliphatic heterocycles. The molecule has 7 nitrogen and oxygen atoms in total. The Labute approximate surface area is 154 Å². The number of hydrogen-bond acceptors (Lipinski definition) is 7. The first-order chi connectivity index (χ1) is 12.0. The molecule has 0 saturated heterocycles. The summed E-state index contributed by atoms with van der Waals surface area (Å²) >= 11 is 7.58. The molecule has 0 aliphatic rings. The zero-order chi connectivity index (χ0) is 18.2. The Morgan fingerprint density at radius 2 is 2.20 bits per heavy atom. The average molecular weight is 385 g/mol. The quantitative estimate of drug-likeness (QED) is 0.136. The minimum Gasteiger partial charge on any atom is -0.395 e. The average Bonchev–Trinajstić information content (AvgIpc) is 2.57. The van der Waals surface area contributed by atoms with E-state index in [1.54, 1.807) is 12.1 Å². The van der Waals surface area contributed by atoms with Crippen molar-refractivity contribution in [1.29, 1.82) is 0 Å². The molecule has 1 aromatic heterocycles. The molecule has 0 amide bonds. The first-order valence-corrected chi connectivity index (χ1v) is 8.46.